The van der Waals surface area contributed by atoms with Crippen molar-refractivity contribution in [3.05, 3.63) is 109 Å². The van der Waals surface area contributed by atoms with Gasteiger partial charge in [0, 0.05) is 52.7 Å². The molecule has 0 fully saturated rings. The topological polar surface area (TPSA) is 166 Å². The lowest BCUT2D eigenvalue weighted by atomic mass is 10.4. The molecule has 0 saturated heterocycles. The first-order chi connectivity index (χ1) is 22.4. The summed E-state index contributed by atoms with van der Waals surface area (Å²) in [7, 11) is 7.12. The molecule has 230 valence electrons. The van der Waals surface area contributed by atoms with Crippen molar-refractivity contribution < 1.29 is 0 Å². The molecule has 5 aromatic heterocycles. The first-order valence-electron chi connectivity index (χ1n) is 13.8. The van der Waals surface area contributed by atoms with Crippen LogP contribution < -0.4 is 20.0 Å². The molecule has 5 aromatic rings. The molecule has 16 heteroatoms. The van der Waals surface area contributed by atoms with Crippen LogP contribution in [0.25, 0.3) is 0 Å². The van der Waals surface area contributed by atoms with Gasteiger partial charge >= 0.3 is 0 Å². The van der Waals surface area contributed by atoms with Gasteiger partial charge in [0.25, 0.3) is 0 Å². The number of nitrogens with zero attached hydrogens (tertiary/aromatic N) is 16. The smallest absolute Gasteiger partial charge is 0.154 e. The molecule has 0 aliphatic rings. The highest BCUT2D eigenvalue weighted by Gasteiger charge is 2.08. The second-order valence-corrected chi connectivity index (χ2v) is 9.42. The molecule has 0 aliphatic carbocycles. The van der Waals surface area contributed by atoms with Crippen molar-refractivity contribution in [2.24, 2.45) is 20.4 Å². The standard InChI is InChI=1S/C30H30N16/c1-43(39-17-23-9-5-7-11-31-23)27-13-29(37-21-35-27)45(3)41-19-25-15-34-26(16-33-25)20-42-46(4)30-14-28(36-22-38-30)44(2)40-18-24-10-6-8-12-32-24/h5-22H,1-4H3/b39-17+,40-18+,41-19+,42-20+. The van der Waals surface area contributed by atoms with Gasteiger partial charge < -0.3 is 0 Å². The van der Waals surface area contributed by atoms with Crippen molar-refractivity contribution in [2.45, 2.75) is 0 Å². The highest BCUT2D eigenvalue weighted by molar-refractivity contribution is 5.81. The number of hydrogen-bond acceptors (Lipinski definition) is 16. The van der Waals surface area contributed by atoms with Crippen LogP contribution in [0.2, 0.25) is 0 Å². The van der Waals surface area contributed by atoms with E-state index in [-0.39, 0.29) is 0 Å². The zero-order valence-electron chi connectivity index (χ0n) is 25.5. The van der Waals surface area contributed by atoms with Gasteiger partial charge in [-0.2, -0.15) is 20.4 Å². The number of hydrazone groups is 4. The largest absolute Gasteiger partial charge is 0.255 e. The molecule has 0 aromatic carbocycles. The first kappa shape index (κ1) is 30.9. The second kappa shape index (κ2) is 15.2. The minimum atomic E-state index is 0.554. The zero-order chi connectivity index (χ0) is 32.1. The lowest BCUT2D eigenvalue weighted by Gasteiger charge is -2.15. The maximum absolute atomic E-state index is 4.43. The van der Waals surface area contributed by atoms with Crippen molar-refractivity contribution in [3.63, 3.8) is 0 Å². The Balaban J connectivity index is 1.16. The Morgan fingerprint density at radius 3 is 1.09 bits per heavy atom. The molecular weight excluding hydrogens is 584 g/mol. The molecule has 0 amide bonds. The highest BCUT2D eigenvalue weighted by atomic mass is 15.5. The van der Waals surface area contributed by atoms with Crippen molar-refractivity contribution in [3.8, 4) is 0 Å². The summed E-state index contributed by atoms with van der Waals surface area (Å²) in [5.74, 6) is 2.32. The maximum Gasteiger partial charge on any atom is 0.154 e. The Hall–Kier alpha value is -6.58. The molecule has 0 N–H and O–H groups in total. The number of anilines is 4. The number of hydrogen-bond donors (Lipinski definition) is 0. The monoisotopic (exact) mass is 614 g/mol. The maximum atomic E-state index is 4.43. The summed E-state index contributed by atoms with van der Waals surface area (Å²) in [4.78, 5) is 34.5. The molecule has 5 heterocycles. The summed E-state index contributed by atoms with van der Waals surface area (Å²) in [6.07, 6.45) is 16.0. The van der Waals surface area contributed by atoms with Crippen LogP contribution in [0.4, 0.5) is 23.3 Å². The molecule has 0 aliphatic heterocycles. The first-order valence-corrected chi connectivity index (χ1v) is 13.8. The van der Waals surface area contributed by atoms with E-state index < -0.39 is 0 Å². The van der Waals surface area contributed by atoms with Crippen molar-refractivity contribution in [1.82, 2.24) is 39.9 Å². The van der Waals surface area contributed by atoms with Gasteiger partial charge in [-0.3, -0.25) is 40.0 Å². The fourth-order valence-electron chi connectivity index (χ4n) is 3.59. The molecule has 0 radical (unpaired) electrons. The normalized spacial score (nSPS) is 11.6. The van der Waals surface area contributed by atoms with Gasteiger partial charge in [0.05, 0.1) is 48.6 Å². The number of pyridine rings is 2. The van der Waals surface area contributed by atoms with Crippen LogP contribution in [0.1, 0.15) is 22.8 Å². The Kier molecular flexibility index (Phi) is 10.2. The summed E-state index contributed by atoms with van der Waals surface area (Å²) in [6.45, 7) is 0. The van der Waals surface area contributed by atoms with Crippen molar-refractivity contribution in [2.75, 3.05) is 48.2 Å². The summed E-state index contributed by atoms with van der Waals surface area (Å²) in [6, 6.07) is 14.8. The quantitative estimate of drug-likeness (QED) is 0.149. The fraction of sp³-hybridized carbons (Fsp3) is 0.133. The molecule has 5 rings (SSSR count). The SMILES string of the molecule is CN(/N=C/c1ccccn1)c1cc(N(C)/N=C/c2cnc(/C=N/N(C)c3cc(N(C)/N=C/c4ccccn4)ncn3)cn2)ncn1. The van der Waals surface area contributed by atoms with Crippen LogP contribution >= 0.6 is 0 Å². The predicted molar refractivity (Wildman–Crippen MR) is 179 cm³/mol. The van der Waals surface area contributed by atoms with E-state index in [0.29, 0.717) is 34.7 Å². The van der Waals surface area contributed by atoms with E-state index in [4.69, 9.17) is 0 Å². The molecule has 46 heavy (non-hydrogen) atoms. The fourth-order valence-corrected chi connectivity index (χ4v) is 3.59. The molecular formula is C30H30N16. The average Bonchev–Trinajstić information content (AvgIpc) is 3.12. The third-order valence-electron chi connectivity index (χ3n) is 6.12. The van der Waals surface area contributed by atoms with Gasteiger partial charge in [-0.15, -0.1) is 0 Å². The molecule has 0 atom stereocenters. The van der Waals surface area contributed by atoms with Crippen LogP contribution in [0.15, 0.2) is 106 Å². The minimum absolute atomic E-state index is 0.554. The third-order valence-corrected chi connectivity index (χ3v) is 6.12. The predicted octanol–water partition coefficient (Wildman–Crippen LogP) is 2.73. The Labute approximate surface area is 265 Å². The van der Waals surface area contributed by atoms with Crippen molar-refractivity contribution >= 4 is 48.1 Å². The lowest BCUT2D eigenvalue weighted by Crippen LogP contribution is -2.15. The van der Waals surface area contributed by atoms with Crippen LogP contribution in [0.3, 0.4) is 0 Å². The average molecular weight is 615 g/mol. The van der Waals surface area contributed by atoms with Crippen LogP contribution in [-0.4, -0.2) is 92.9 Å². The second-order valence-electron chi connectivity index (χ2n) is 9.42. The summed E-state index contributed by atoms with van der Waals surface area (Å²) >= 11 is 0. The Bertz CT molecular complexity index is 1680. The van der Waals surface area contributed by atoms with Gasteiger partial charge in [0.15, 0.2) is 23.3 Å². The molecule has 0 spiro atoms. The Morgan fingerprint density at radius 2 is 0.783 bits per heavy atom. The molecule has 0 bridgehead atoms. The zero-order valence-corrected chi connectivity index (χ0v) is 25.5. The van der Waals surface area contributed by atoms with Gasteiger partial charge in [-0.1, -0.05) is 12.1 Å². The summed E-state index contributed by atoms with van der Waals surface area (Å²) < 4.78 is 0. The van der Waals surface area contributed by atoms with Crippen LogP contribution in [0, 0.1) is 0 Å². The van der Waals surface area contributed by atoms with Gasteiger partial charge in [0.1, 0.15) is 24.0 Å². The van der Waals surface area contributed by atoms with E-state index in [2.05, 4.69) is 60.3 Å². The highest BCUT2D eigenvalue weighted by Crippen LogP contribution is 2.17. The molecule has 0 unspecified atom stereocenters. The van der Waals surface area contributed by atoms with E-state index in [1.807, 2.05) is 36.4 Å². The summed E-state index contributed by atoms with van der Waals surface area (Å²) in [5.41, 5.74) is 2.59. The minimum Gasteiger partial charge on any atom is -0.255 e. The lowest BCUT2D eigenvalue weighted by molar-refractivity contribution is 0.930. The number of rotatable bonds is 12. The van der Waals surface area contributed by atoms with Gasteiger partial charge in [-0.05, 0) is 24.3 Å². The third kappa shape index (κ3) is 8.73. The molecule has 16 nitrogen and oxygen atoms in total. The van der Waals surface area contributed by atoms with E-state index in [1.165, 1.54) is 12.7 Å². The Morgan fingerprint density at radius 1 is 0.435 bits per heavy atom. The van der Waals surface area contributed by atoms with Crippen molar-refractivity contribution in [1.29, 1.82) is 0 Å². The van der Waals surface area contributed by atoms with E-state index in [1.54, 1.807) is 110 Å². The van der Waals surface area contributed by atoms with E-state index in [0.717, 1.165) is 11.4 Å². The summed E-state index contributed by atoms with van der Waals surface area (Å²) in [5, 5.41) is 24.1. The number of aromatic nitrogens is 8. The van der Waals surface area contributed by atoms with Gasteiger partial charge in [-0.25, -0.2) is 19.9 Å². The van der Waals surface area contributed by atoms with Crippen LogP contribution in [0.5, 0.6) is 0 Å². The van der Waals surface area contributed by atoms with E-state index in [9.17, 15) is 0 Å². The van der Waals surface area contributed by atoms with Crippen LogP contribution in [-0.2, 0) is 0 Å². The molecule has 0 saturated carbocycles. The van der Waals surface area contributed by atoms with E-state index >= 15 is 0 Å². The van der Waals surface area contributed by atoms with Gasteiger partial charge in [0.2, 0.25) is 0 Å².